The molecule has 0 aliphatic rings. The van der Waals surface area contributed by atoms with E-state index in [1.807, 2.05) is 24.2 Å². The number of rotatable bonds is 9. The van der Waals surface area contributed by atoms with Gasteiger partial charge in [-0.25, -0.2) is 4.98 Å². The van der Waals surface area contributed by atoms with E-state index < -0.39 is 0 Å². The summed E-state index contributed by atoms with van der Waals surface area (Å²) in [7, 11) is 2.07. The second kappa shape index (κ2) is 8.90. The fraction of sp³-hybridized carbons (Fsp3) is 0.471. The van der Waals surface area contributed by atoms with Crippen LogP contribution in [0, 0.1) is 0 Å². The van der Waals surface area contributed by atoms with E-state index in [-0.39, 0.29) is 0 Å². The maximum absolute atomic E-state index is 4.41. The summed E-state index contributed by atoms with van der Waals surface area (Å²) in [5.41, 5.74) is 0. The van der Waals surface area contributed by atoms with Gasteiger partial charge in [0.25, 0.3) is 0 Å². The highest BCUT2D eigenvalue weighted by atomic mass is 32.2. The van der Waals surface area contributed by atoms with Gasteiger partial charge in [0.15, 0.2) is 0 Å². The Hall–Kier alpha value is -1.26. The lowest BCUT2D eigenvalue weighted by Gasteiger charge is -2.18. The van der Waals surface area contributed by atoms with Crippen molar-refractivity contribution in [2.24, 2.45) is 7.05 Å². The van der Waals surface area contributed by atoms with Crippen LogP contribution in [-0.4, -0.2) is 27.9 Å². The van der Waals surface area contributed by atoms with E-state index in [0.717, 1.165) is 25.1 Å². The van der Waals surface area contributed by atoms with Crippen LogP contribution in [0.3, 0.4) is 0 Å². The first-order chi connectivity index (χ1) is 10.3. The van der Waals surface area contributed by atoms with Crippen LogP contribution in [0.25, 0.3) is 0 Å². The Kier molecular flexibility index (Phi) is 6.83. The predicted molar refractivity (Wildman–Crippen MR) is 90.8 cm³/mol. The molecule has 0 amide bonds. The maximum atomic E-state index is 4.41. The smallest absolute Gasteiger partial charge is 0.108 e. The third-order valence-electron chi connectivity index (χ3n) is 3.51. The van der Waals surface area contributed by atoms with Crippen molar-refractivity contribution in [2.45, 2.75) is 37.1 Å². The number of hydrogen-bond acceptors (Lipinski definition) is 3. The molecule has 0 radical (unpaired) electrons. The average molecular weight is 303 g/mol. The van der Waals surface area contributed by atoms with Gasteiger partial charge in [0.05, 0.1) is 0 Å². The Labute approximate surface area is 132 Å². The summed E-state index contributed by atoms with van der Waals surface area (Å²) < 4.78 is 2.11. The Morgan fingerprint density at radius 2 is 2.10 bits per heavy atom. The highest BCUT2D eigenvalue weighted by Gasteiger charge is 2.10. The highest BCUT2D eigenvalue weighted by Crippen LogP contribution is 2.19. The molecule has 0 aliphatic carbocycles. The van der Waals surface area contributed by atoms with Crippen molar-refractivity contribution in [3.05, 3.63) is 48.5 Å². The van der Waals surface area contributed by atoms with Crippen molar-refractivity contribution < 1.29 is 0 Å². The molecule has 2 rings (SSSR count). The van der Waals surface area contributed by atoms with E-state index in [2.05, 4.69) is 59.2 Å². The average Bonchev–Trinajstić information content (AvgIpc) is 2.93. The second-order valence-electron chi connectivity index (χ2n) is 5.27. The number of imidazole rings is 1. The minimum atomic E-state index is 0.534. The summed E-state index contributed by atoms with van der Waals surface area (Å²) in [6.07, 6.45) is 7.23. The Bertz CT molecular complexity index is 510. The van der Waals surface area contributed by atoms with Crippen LogP contribution in [0.15, 0.2) is 47.6 Å². The maximum Gasteiger partial charge on any atom is 0.108 e. The van der Waals surface area contributed by atoms with Gasteiger partial charge in [0.2, 0.25) is 0 Å². The first-order valence-electron chi connectivity index (χ1n) is 7.67. The normalized spacial score (nSPS) is 12.5. The van der Waals surface area contributed by atoms with Crippen molar-refractivity contribution in [3.8, 4) is 0 Å². The Morgan fingerprint density at radius 1 is 1.29 bits per heavy atom. The minimum Gasteiger partial charge on any atom is -0.338 e. The number of hydrogen-bond donors (Lipinski definition) is 1. The van der Waals surface area contributed by atoms with Crippen LogP contribution in [0.2, 0.25) is 0 Å². The van der Waals surface area contributed by atoms with Gasteiger partial charge in [-0.05, 0) is 31.5 Å². The third-order valence-corrected chi connectivity index (χ3v) is 4.69. The van der Waals surface area contributed by atoms with Gasteiger partial charge in [-0.2, -0.15) is 0 Å². The van der Waals surface area contributed by atoms with Gasteiger partial charge < -0.3 is 9.88 Å². The molecule has 21 heavy (non-hydrogen) atoms. The van der Waals surface area contributed by atoms with Gasteiger partial charge in [0, 0.05) is 42.6 Å². The quantitative estimate of drug-likeness (QED) is 0.719. The Morgan fingerprint density at radius 3 is 2.76 bits per heavy atom. The molecule has 1 aromatic carbocycles. The molecule has 2 aromatic rings. The molecular weight excluding hydrogens is 278 g/mol. The van der Waals surface area contributed by atoms with Gasteiger partial charge >= 0.3 is 0 Å². The van der Waals surface area contributed by atoms with Crippen LogP contribution >= 0.6 is 11.8 Å². The molecule has 1 unspecified atom stereocenters. The summed E-state index contributed by atoms with van der Waals surface area (Å²) in [5, 5.41) is 3.66. The monoisotopic (exact) mass is 303 g/mol. The highest BCUT2D eigenvalue weighted by molar-refractivity contribution is 7.99. The van der Waals surface area contributed by atoms with Crippen molar-refractivity contribution in [3.63, 3.8) is 0 Å². The molecular formula is C17H25N3S. The molecule has 0 fully saturated rings. The zero-order chi connectivity index (χ0) is 14.9. The number of benzene rings is 1. The molecule has 1 atom stereocenters. The first kappa shape index (κ1) is 16.1. The van der Waals surface area contributed by atoms with Gasteiger partial charge in [-0.1, -0.05) is 25.1 Å². The molecule has 1 N–H and O–H groups in total. The Balaban J connectivity index is 1.83. The molecule has 114 valence electrons. The van der Waals surface area contributed by atoms with E-state index >= 15 is 0 Å². The fourth-order valence-corrected chi connectivity index (χ4v) is 3.27. The summed E-state index contributed by atoms with van der Waals surface area (Å²) in [4.78, 5) is 5.76. The zero-order valence-electron chi connectivity index (χ0n) is 13.0. The van der Waals surface area contributed by atoms with E-state index in [1.165, 1.54) is 17.1 Å². The molecule has 3 nitrogen and oxygen atoms in total. The summed E-state index contributed by atoms with van der Waals surface area (Å²) >= 11 is 1.93. The van der Waals surface area contributed by atoms with Crippen LogP contribution in [0.5, 0.6) is 0 Å². The molecule has 0 bridgehead atoms. The fourth-order valence-electron chi connectivity index (χ4n) is 2.25. The predicted octanol–water partition coefficient (Wildman–Crippen LogP) is 3.51. The molecule has 0 spiro atoms. The van der Waals surface area contributed by atoms with Crippen molar-refractivity contribution in [1.29, 1.82) is 0 Å². The molecule has 0 saturated heterocycles. The van der Waals surface area contributed by atoms with E-state index in [4.69, 9.17) is 0 Å². The van der Waals surface area contributed by atoms with Crippen molar-refractivity contribution in [2.75, 3.05) is 12.3 Å². The van der Waals surface area contributed by atoms with Gasteiger partial charge in [-0.15, -0.1) is 11.8 Å². The molecule has 0 aliphatic heterocycles. The van der Waals surface area contributed by atoms with Gasteiger partial charge in [0.1, 0.15) is 5.82 Å². The van der Waals surface area contributed by atoms with E-state index in [0.29, 0.717) is 6.04 Å². The number of nitrogens with zero attached hydrogens (tertiary/aromatic N) is 2. The van der Waals surface area contributed by atoms with E-state index in [1.54, 1.807) is 0 Å². The lowest BCUT2D eigenvalue weighted by Crippen LogP contribution is -2.32. The number of thioether (sulfide) groups is 1. The van der Waals surface area contributed by atoms with Crippen LogP contribution in [0.1, 0.15) is 25.6 Å². The largest absolute Gasteiger partial charge is 0.338 e. The number of aromatic nitrogens is 2. The number of nitrogens with one attached hydrogen (secondary N) is 1. The molecule has 1 aromatic heterocycles. The van der Waals surface area contributed by atoms with Crippen LogP contribution < -0.4 is 5.32 Å². The van der Waals surface area contributed by atoms with Crippen molar-refractivity contribution >= 4 is 11.8 Å². The molecule has 4 heteroatoms. The lowest BCUT2D eigenvalue weighted by molar-refractivity contribution is 0.511. The number of aryl methyl sites for hydroxylation is 2. The summed E-state index contributed by atoms with van der Waals surface area (Å²) in [6.45, 7) is 3.30. The minimum absolute atomic E-state index is 0.534. The summed E-state index contributed by atoms with van der Waals surface area (Å²) in [6, 6.07) is 11.2. The topological polar surface area (TPSA) is 29.9 Å². The van der Waals surface area contributed by atoms with Crippen LogP contribution in [-0.2, 0) is 13.5 Å². The first-order valence-corrected chi connectivity index (χ1v) is 8.65. The summed E-state index contributed by atoms with van der Waals surface area (Å²) in [5.74, 6) is 2.28. The van der Waals surface area contributed by atoms with E-state index in [9.17, 15) is 0 Å². The second-order valence-corrected chi connectivity index (χ2v) is 6.36. The third kappa shape index (κ3) is 5.56. The van der Waals surface area contributed by atoms with Crippen molar-refractivity contribution in [1.82, 2.24) is 14.9 Å². The molecule has 1 heterocycles. The lowest BCUT2D eigenvalue weighted by atomic mass is 10.1. The van der Waals surface area contributed by atoms with Crippen LogP contribution in [0.4, 0.5) is 0 Å². The molecule has 0 saturated carbocycles. The standard InChI is InChI=1S/C17H25N3S/c1-3-11-18-15(9-10-17-19-12-13-20(17)2)14-21-16-7-5-4-6-8-16/h4-8,12-13,15,18H,3,9-11,14H2,1-2H3. The zero-order valence-corrected chi connectivity index (χ0v) is 13.8. The van der Waals surface area contributed by atoms with Gasteiger partial charge in [-0.3, -0.25) is 0 Å². The SMILES string of the molecule is CCCNC(CCc1nccn1C)CSc1ccccc1.